The summed E-state index contributed by atoms with van der Waals surface area (Å²) in [6, 6.07) is 12.5. The number of carbonyl (C=O) groups is 3. The number of aromatic carboxylic acids is 1. The molecule has 2 amide bonds. The largest absolute Gasteiger partial charge is 0.478 e. The maximum atomic E-state index is 12.1. The third-order valence-electron chi connectivity index (χ3n) is 3.61. The van der Waals surface area contributed by atoms with Crippen molar-refractivity contribution in [2.24, 2.45) is 0 Å². The van der Waals surface area contributed by atoms with Crippen LogP contribution >= 0.6 is 0 Å². The first kappa shape index (κ1) is 15.5. The van der Waals surface area contributed by atoms with Crippen molar-refractivity contribution in [3.05, 3.63) is 54.1 Å². The SMILES string of the molecule is O=C(C[C@@H]1Nc2ccccc2NC1=O)Nc1cccc(C(=O)O)c1. The van der Waals surface area contributed by atoms with Crippen LogP contribution in [-0.2, 0) is 9.59 Å². The van der Waals surface area contributed by atoms with Crippen LogP contribution in [0.5, 0.6) is 0 Å². The molecular weight excluding hydrogens is 310 g/mol. The molecular formula is C17H15N3O4. The standard InChI is InChI=1S/C17H15N3O4/c21-15(18-11-5-3-4-10(8-11)17(23)24)9-14-16(22)20-13-7-2-1-6-12(13)19-14/h1-8,14,19H,9H2,(H,18,21)(H,20,22)(H,23,24)/t14-/m0/s1. The van der Waals surface area contributed by atoms with Gasteiger partial charge >= 0.3 is 5.97 Å². The molecule has 4 N–H and O–H groups in total. The Morgan fingerprint density at radius 1 is 1.08 bits per heavy atom. The molecule has 0 saturated heterocycles. The van der Waals surface area contributed by atoms with Crippen LogP contribution < -0.4 is 16.0 Å². The minimum absolute atomic E-state index is 0.0720. The van der Waals surface area contributed by atoms with Gasteiger partial charge in [-0.05, 0) is 30.3 Å². The molecule has 1 aliphatic rings. The number of carboxylic acids is 1. The van der Waals surface area contributed by atoms with Gasteiger partial charge in [-0.15, -0.1) is 0 Å². The van der Waals surface area contributed by atoms with Crippen LogP contribution in [0, 0.1) is 0 Å². The van der Waals surface area contributed by atoms with Crippen LogP contribution in [0.15, 0.2) is 48.5 Å². The summed E-state index contributed by atoms with van der Waals surface area (Å²) in [4.78, 5) is 35.1. The van der Waals surface area contributed by atoms with E-state index < -0.39 is 12.0 Å². The van der Waals surface area contributed by atoms with Crippen molar-refractivity contribution in [2.45, 2.75) is 12.5 Å². The molecule has 7 heteroatoms. The van der Waals surface area contributed by atoms with Gasteiger partial charge in [0.15, 0.2) is 0 Å². The molecule has 0 aliphatic carbocycles. The Morgan fingerprint density at radius 2 is 1.83 bits per heavy atom. The van der Waals surface area contributed by atoms with E-state index >= 15 is 0 Å². The summed E-state index contributed by atoms with van der Waals surface area (Å²) in [5.41, 5.74) is 1.88. The van der Waals surface area contributed by atoms with Gasteiger partial charge in [0.2, 0.25) is 11.8 Å². The predicted octanol–water partition coefficient (Wildman–Crippen LogP) is 2.15. The Balaban J connectivity index is 1.66. The van der Waals surface area contributed by atoms with Gasteiger partial charge in [0.25, 0.3) is 0 Å². The van der Waals surface area contributed by atoms with Crippen LogP contribution in [-0.4, -0.2) is 28.9 Å². The first-order chi connectivity index (χ1) is 11.5. The second kappa shape index (κ2) is 6.41. The topological polar surface area (TPSA) is 108 Å². The third-order valence-corrected chi connectivity index (χ3v) is 3.61. The Kier molecular flexibility index (Phi) is 4.15. The number of amides is 2. The lowest BCUT2D eigenvalue weighted by Crippen LogP contribution is -2.41. The molecule has 1 heterocycles. The number of benzene rings is 2. The highest BCUT2D eigenvalue weighted by Crippen LogP contribution is 2.26. The van der Waals surface area contributed by atoms with Crippen LogP contribution in [0.25, 0.3) is 0 Å². The molecule has 3 rings (SSSR count). The molecule has 0 aromatic heterocycles. The molecule has 1 atom stereocenters. The van der Waals surface area contributed by atoms with E-state index in [4.69, 9.17) is 5.11 Å². The second-order valence-electron chi connectivity index (χ2n) is 5.37. The zero-order chi connectivity index (χ0) is 17.1. The van der Waals surface area contributed by atoms with Crippen molar-refractivity contribution in [2.75, 3.05) is 16.0 Å². The van der Waals surface area contributed by atoms with E-state index in [0.717, 1.165) is 5.69 Å². The zero-order valence-corrected chi connectivity index (χ0v) is 12.6. The maximum Gasteiger partial charge on any atom is 0.335 e. The van der Waals surface area contributed by atoms with Gasteiger partial charge in [0, 0.05) is 5.69 Å². The minimum Gasteiger partial charge on any atom is -0.478 e. The van der Waals surface area contributed by atoms with Gasteiger partial charge < -0.3 is 21.1 Å². The fourth-order valence-corrected chi connectivity index (χ4v) is 2.46. The Hall–Kier alpha value is -3.35. The lowest BCUT2D eigenvalue weighted by atomic mass is 10.1. The minimum atomic E-state index is -1.07. The van der Waals surface area contributed by atoms with E-state index in [0.29, 0.717) is 11.4 Å². The molecule has 0 spiro atoms. The normalized spacial score (nSPS) is 15.7. The smallest absolute Gasteiger partial charge is 0.335 e. The van der Waals surface area contributed by atoms with Crippen molar-refractivity contribution in [1.82, 2.24) is 0 Å². The van der Waals surface area contributed by atoms with E-state index in [9.17, 15) is 14.4 Å². The van der Waals surface area contributed by atoms with Crippen molar-refractivity contribution < 1.29 is 19.5 Å². The number of carboxylic acid groups (broad SMARTS) is 1. The van der Waals surface area contributed by atoms with E-state index in [2.05, 4.69) is 16.0 Å². The number of hydrogen-bond donors (Lipinski definition) is 4. The monoisotopic (exact) mass is 325 g/mol. The third kappa shape index (κ3) is 3.35. The molecule has 2 aromatic rings. The highest BCUT2D eigenvalue weighted by molar-refractivity contribution is 6.06. The summed E-state index contributed by atoms with van der Waals surface area (Å²) in [6.07, 6.45) is -0.0720. The van der Waals surface area contributed by atoms with Crippen LogP contribution in [0.2, 0.25) is 0 Å². The number of rotatable bonds is 4. The molecule has 0 fully saturated rings. The number of para-hydroxylation sites is 2. The van der Waals surface area contributed by atoms with E-state index in [-0.39, 0.29) is 23.8 Å². The number of fused-ring (bicyclic) bond motifs is 1. The van der Waals surface area contributed by atoms with Crippen LogP contribution in [0.3, 0.4) is 0 Å². The fraction of sp³-hybridized carbons (Fsp3) is 0.118. The summed E-state index contributed by atoms with van der Waals surface area (Å²) in [5, 5.41) is 17.3. The molecule has 122 valence electrons. The lowest BCUT2D eigenvalue weighted by molar-refractivity contribution is -0.122. The predicted molar refractivity (Wildman–Crippen MR) is 89.1 cm³/mol. The summed E-state index contributed by atoms with van der Waals surface area (Å²) in [7, 11) is 0. The fourth-order valence-electron chi connectivity index (χ4n) is 2.46. The van der Waals surface area contributed by atoms with Gasteiger partial charge in [-0.25, -0.2) is 4.79 Å². The first-order valence-electron chi connectivity index (χ1n) is 7.32. The highest BCUT2D eigenvalue weighted by atomic mass is 16.4. The molecule has 0 radical (unpaired) electrons. The molecule has 0 bridgehead atoms. The average molecular weight is 325 g/mol. The summed E-state index contributed by atoms with van der Waals surface area (Å²) >= 11 is 0. The van der Waals surface area contributed by atoms with E-state index in [1.807, 2.05) is 18.2 Å². The summed E-state index contributed by atoms with van der Waals surface area (Å²) in [6.45, 7) is 0. The molecule has 7 nitrogen and oxygen atoms in total. The number of carbonyl (C=O) groups excluding carboxylic acids is 2. The quantitative estimate of drug-likeness (QED) is 0.689. The van der Waals surface area contributed by atoms with Crippen molar-refractivity contribution in [3.63, 3.8) is 0 Å². The Labute approximate surface area is 137 Å². The molecule has 0 saturated carbocycles. The molecule has 2 aromatic carbocycles. The number of nitrogens with one attached hydrogen (secondary N) is 3. The zero-order valence-electron chi connectivity index (χ0n) is 12.6. The number of hydrogen-bond acceptors (Lipinski definition) is 4. The highest BCUT2D eigenvalue weighted by Gasteiger charge is 2.27. The van der Waals surface area contributed by atoms with E-state index in [1.54, 1.807) is 18.2 Å². The number of anilines is 3. The molecule has 24 heavy (non-hydrogen) atoms. The summed E-state index contributed by atoms with van der Waals surface area (Å²) < 4.78 is 0. The van der Waals surface area contributed by atoms with Gasteiger partial charge in [-0.1, -0.05) is 18.2 Å². The van der Waals surface area contributed by atoms with Crippen molar-refractivity contribution >= 4 is 34.8 Å². The van der Waals surface area contributed by atoms with E-state index in [1.165, 1.54) is 12.1 Å². The first-order valence-corrected chi connectivity index (χ1v) is 7.32. The average Bonchev–Trinajstić information content (AvgIpc) is 2.55. The van der Waals surface area contributed by atoms with Crippen molar-refractivity contribution in [1.29, 1.82) is 0 Å². The Bertz CT molecular complexity index is 819. The molecule has 0 unspecified atom stereocenters. The van der Waals surface area contributed by atoms with Crippen LogP contribution in [0.1, 0.15) is 16.8 Å². The van der Waals surface area contributed by atoms with Crippen LogP contribution in [0.4, 0.5) is 17.1 Å². The lowest BCUT2D eigenvalue weighted by Gasteiger charge is -2.26. The molecule has 1 aliphatic heterocycles. The maximum absolute atomic E-state index is 12.1. The Morgan fingerprint density at radius 3 is 2.58 bits per heavy atom. The van der Waals surface area contributed by atoms with Crippen molar-refractivity contribution in [3.8, 4) is 0 Å². The van der Waals surface area contributed by atoms with Gasteiger partial charge in [-0.2, -0.15) is 0 Å². The van der Waals surface area contributed by atoms with Gasteiger partial charge in [0.05, 0.1) is 23.4 Å². The second-order valence-corrected chi connectivity index (χ2v) is 5.37. The van der Waals surface area contributed by atoms with Gasteiger partial charge in [-0.3, -0.25) is 9.59 Å². The van der Waals surface area contributed by atoms with Gasteiger partial charge in [0.1, 0.15) is 6.04 Å². The summed E-state index contributed by atoms with van der Waals surface area (Å²) in [5.74, 6) is -1.75.